The normalized spacial score (nSPS) is 10.9. The van der Waals surface area contributed by atoms with Crippen LogP contribution in [0.4, 0.5) is 5.82 Å². The molecule has 1 N–H and O–H groups in total. The van der Waals surface area contributed by atoms with Crippen LogP contribution in [0.2, 0.25) is 0 Å². The van der Waals surface area contributed by atoms with Crippen molar-refractivity contribution < 1.29 is 4.74 Å². The van der Waals surface area contributed by atoms with Gasteiger partial charge in [0.25, 0.3) is 0 Å². The molecule has 0 radical (unpaired) electrons. The molecule has 24 heavy (non-hydrogen) atoms. The number of hydrogen-bond acceptors (Lipinski definition) is 4. The highest BCUT2D eigenvalue weighted by Crippen LogP contribution is 2.29. The number of hydrogen-bond donors (Lipinski definition) is 1. The first kappa shape index (κ1) is 14.5. The summed E-state index contributed by atoms with van der Waals surface area (Å²) in [5, 5.41) is 6.83. The van der Waals surface area contributed by atoms with Crippen LogP contribution in [0.15, 0.2) is 67.0 Å². The van der Waals surface area contributed by atoms with Gasteiger partial charge in [-0.3, -0.25) is 0 Å². The monoisotopic (exact) mass is 315 g/mol. The minimum atomic E-state index is 0.630. The van der Waals surface area contributed by atoms with Crippen LogP contribution in [0.1, 0.15) is 5.56 Å². The molecule has 4 nitrogen and oxygen atoms in total. The van der Waals surface area contributed by atoms with Crippen molar-refractivity contribution in [1.29, 1.82) is 0 Å². The van der Waals surface area contributed by atoms with E-state index in [9.17, 15) is 0 Å². The molecule has 0 amide bonds. The molecule has 118 valence electrons. The number of nitrogens with one attached hydrogen (secondary N) is 1. The van der Waals surface area contributed by atoms with E-state index in [0.717, 1.165) is 28.0 Å². The number of ether oxygens (including phenoxy) is 1. The lowest BCUT2D eigenvalue weighted by molar-refractivity contribution is 0.411. The standard InChI is InChI=1S/C20H17N3O/c1-24-19-11-10-14-6-2-3-7-15(14)17(19)12-21-20-16-8-4-5-9-18(16)22-13-23-20/h2-11,13H,12H2,1H3,(H,21,22,23). The van der Waals surface area contributed by atoms with E-state index in [-0.39, 0.29) is 0 Å². The van der Waals surface area contributed by atoms with E-state index in [2.05, 4.69) is 33.5 Å². The zero-order valence-corrected chi connectivity index (χ0v) is 13.4. The third-order valence-electron chi connectivity index (χ3n) is 4.19. The fourth-order valence-electron chi connectivity index (χ4n) is 3.01. The predicted molar refractivity (Wildman–Crippen MR) is 97.4 cm³/mol. The molecule has 0 saturated carbocycles. The van der Waals surface area contributed by atoms with Crippen LogP contribution in [0, 0.1) is 0 Å². The van der Waals surface area contributed by atoms with Gasteiger partial charge < -0.3 is 10.1 Å². The van der Waals surface area contributed by atoms with Gasteiger partial charge >= 0.3 is 0 Å². The Balaban J connectivity index is 1.74. The third-order valence-corrected chi connectivity index (χ3v) is 4.19. The van der Waals surface area contributed by atoms with Crippen LogP contribution in [0.3, 0.4) is 0 Å². The van der Waals surface area contributed by atoms with E-state index in [1.165, 1.54) is 10.8 Å². The molecule has 0 saturated heterocycles. The molecule has 0 unspecified atom stereocenters. The Bertz CT molecular complexity index is 1010. The van der Waals surface area contributed by atoms with Crippen LogP contribution in [0.5, 0.6) is 5.75 Å². The van der Waals surface area contributed by atoms with Gasteiger partial charge in [-0.1, -0.05) is 42.5 Å². The Morgan fingerprint density at radius 3 is 2.54 bits per heavy atom. The molecular formula is C20H17N3O. The SMILES string of the molecule is COc1ccc2ccccc2c1CNc1ncnc2ccccc12. The van der Waals surface area contributed by atoms with E-state index in [1.807, 2.05) is 42.5 Å². The Morgan fingerprint density at radius 2 is 1.67 bits per heavy atom. The summed E-state index contributed by atoms with van der Waals surface area (Å²) in [5.74, 6) is 1.70. The van der Waals surface area contributed by atoms with Crippen LogP contribution in [-0.2, 0) is 6.54 Å². The highest BCUT2D eigenvalue weighted by Gasteiger charge is 2.09. The molecule has 0 aliphatic rings. The Morgan fingerprint density at radius 1 is 0.875 bits per heavy atom. The van der Waals surface area contributed by atoms with Crippen molar-refractivity contribution in [3.8, 4) is 5.75 Å². The zero-order chi connectivity index (χ0) is 16.4. The maximum atomic E-state index is 5.56. The van der Waals surface area contributed by atoms with Crippen molar-refractivity contribution in [2.24, 2.45) is 0 Å². The van der Waals surface area contributed by atoms with Gasteiger partial charge in [0, 0.05) is 17.5 Å². The van der Waals surface area contributed by atoms with E-state index >= 15 is 0 Å². The number of nitrogens with zero attached hydrogens (tertiary/aromatic N) is 2. The molecule has 0 atom stereocenters. The number of para-hydroxylation sites is 1. The summed E-state index contributed by atoms with van der Waals surface area (Å²) in [6, 6.07) is 20.4. The molecule has 0 aliphatic heterocycles. The largest absolute Gasteiger partial charge is 0.496 e. The van der Waals surface area contributed by atoms with Crippen molar-refractivity contribution in [1.82, 2.24) is 9.97 Å². The minimum absolute atomic E-state index is 0.630. The van der Waals surface area contributed by atoms with Crippen molar-refractivity contribution in [3.63, 3.8) is 0 Å². The molecule has 0 aliphatic carbocycles. The fraction of sp³-hybridized carbons (Fsp3) is 0.100. The van der Waals surface area contributed by atoms with Gasteiger partial charge in [-0.2, -0.15) is 0 Å². The lowest BCUT2D eigenvalue weighted by Gasteiger charge is -2.14. The summed E-state index contributed by atoms with van der Waals surface area (Å²) in [4.78, 5) is 8.70. The van der Waals surface area contributed by atoms with Crippen LogP contribution >= 0.6 is 0 Å². The quantitative estimate of drug-likeness (QED) is 0.606. The number of aromatic nitrogens is 2. The summed E-state index contributed by atoms with van der Waals surface area (Å²) < 4.78 is 5.56. The number of methoxy groups -OCH3 is 1. The van der Waals surface area contributed by atoms with Crippen LogP contribution in [-0.4, -0.2) is 17.1 Å². The van der Waals surface area contributed by atoms with Crippen molar-refractivity contribution in [3.05, 3.63) is 72.6 Å². The van der Waals surface area contributed by atoms with Crippen LogP contribution in [0.25, 0.3) is 21.7 Å². The highest BCUT2D eigenvalue weighted by atomic mass is 16.5. The highest BCUT2D eigenvalue weighted by molar-refractivity contribution is 5.90. The molecule has 0 bridgehead atoms. The first-order valence-corrected chi connectivity index (χ1v) is 7.85. The summed E-state index contributed by atoms with van der Waals surface area (Å²) in [7, 11) is 1.70. The van der Waals surface area contributed by atoms with Gasteiger partial charge in [0.2, 0.25) is 0 Å². The van der Waals surface area contributed by atoms with Gasteiger partial charge in [0.05, 0.1) is 12.6 Å². The van der Waals surface area contributed by atoms with E-state index in [1.54, 1.807) is 13.4 Å². The van der Waals surface area contributed by atoms with Gasteiger partial charge in [-0.05, 0) is 29.0 Å². The van der Waals surface area contributed by atoms with Gasteiger partial charge in [0.15, 0.2) is 0 Å². The molecule has 4 heteroatoms. The Kier molecular flexibility index (Phi) is 3.71. The molecule has 4 rings (SSSR count). The Labute approximate surface area is 140 Å². The molecule has 0 spiro atoms. The molecule has 0 fully saturated rings. The second-order valence-corrected chi connectivity index (χ2v) is 5.56. The van der Waals surface area contributed by atoms with E-state index in [0.29, 0.717) is 6.54 Å². The summed E-state index contributed by atoms with van der Waals surface area (Å²) in [5.41, 5.74) is 2.05. The average molecular weight is 315 g/mol. The number of anilines is 1. The average Bonchev–Trinajstić information content (AvgIpc) is 2.66. The number of benzene rings is 3. The van der Waals surface area contributed by atoms with Crippen molar-refractivity contribution >= 4 is 27.5 Å². The lowest BCUT2D eigenvalue weighted by Crippen LogP contribution is -2.05. The first-order chi connectivity index (χ1) is 11.9. The molecular weight excluding hydrogens is 298 g/mol. The zero-order valence-electron chi connectivity index (χ0n) is 13.4. The van der Waals surface area contributed by atoms with Gasteiger partial charge in [-0.15, -0.1) is 0 Å². The molecule has 1 aromatic heterocycles. The minimum Gasteiger partial charge on any atom is -0.496 e. The van der Waals surface area contributed by atoms with E-state index < -0.39 is 0 Å². The molecule has 3 aromatic carbocycles. The summed E-state index contributed by atoms with van der Waals surface area (Å²) >= 11 is 0. The van der Waals surface area contributed by atoms with Gasteiger partial charge in [0.1, 0.15) is 17.9 Å². The predicted octanol–water partition coefficient (Wildman–Crippen LogP) is 4.40. The molecule has 1 heterocycles. The maximum absolute atomic E-state index is 5.56. The second kappa shape index (κ2) is 6.16. The topological polar surface area (TPSA) is 47.0 Å². The van der Waals surface area contributed by atoms with Crippen molar-refractivity contribution in [2.45, 2.75) is 6.54 Å². The van der Waals surface area contributed by atoms with Crippen molar-refractivity contribution in [2.75, 3.05) is 12.4 Å². The fourth-order valence-corrected chi connectivity index (χ4v) is 3.01. The second-order valence-electron chi connectivity index (χ2n) is 5.56. The lowest BCUT2D eigenvalue weighted by atomic mass is 10.0. The van der Waals surface area contributed by atoms with Gasteiger partial charge in [-0.25, -0.2) is 9.97 Å². The molecule has 4 aromatic rings. The Hall–Kier alpha value is -3.14. The summed E-state index contributed by atoms with van der Waals surface area (Å²) in [6.07, 6.45) is 1.59. The maximum Gasteiger partial charge on any atom is 0.137 e. The number of rotatable bonds is 4. The number of fused-ring (bicyclic) bond motifs is 2. The summed E-state index contributed by atoms with van der Waals surface area (Å²) in [6.45, 7) is 0.630. The van der Waals surface area contributed by atoms with E-state index in [4.69, 9.17) is 4.74 Å². The third kappa shape index (κ3) is 2.52. The smallest absolute Gasteiger partial charge is 0.137 e. The first-order valence-electron chi connectivity index (χ1n) is 7.85. The van der Waals surface area contributed by atoms with Crippen LogP contribution < -0.4 is 10.1 Å².